The number of carbonyl (C=O) groups excluding carboxylic acids is 2. The SMILES string of the molecule is C[C@H]1CCC[C@]2(C1)OC[C@@H](C(=O)NCc1ccc3c(c1)OCO3)N2C(=O)C1CCCC1. The van der Waals surface area contributed by atoms with Gasteiger partial charge in [-0.15, -0.1) is 0 Å². The zero-order chi connectivity index (χ0) is 21.4. The van der Waals surface area contributed by atoms with E-state index in [9.17, 15) is 9.59 Å². The van der Waals surface area contributed by atoms with Crippen LogP contribution in [-0.2, 0) is 20.9 Å². The van der Waals surface area contributed by atoms with E-state index in [1.165, 1.54) is 0 Å². The first-order chi connectivity index (χ1) is 15.1. The van der Waals surface area contributed by atoms with Crippen molar-refractivity contribution in [1.29, 1.82) is 0 Å². The second kappa shape index (κ2) is 8.34. The summed E-state index contributed by atoms with van der Waals surface area (Å²) in [4.78, 5) is 28.7. The maximum atomic E-state index is 13.6. The summed E-state index contributed by atoms with van der Waals surface area (Å²) in [5.74, 6) is 1.92. The van der Waals surface area contributed by atoms with Crippen LogP contribution < -0.4 is 14.8 Å². The van der Waals surface area contributed by atoms with Gasteiger partial charge < -0.3 is 19.5 Å². The second-order valence-electron chi connectivity index (χ2n) is 9.57. The molecule has 3 fully saturated rings. The topological polar surface area (TPSA) is 77.1 Å². The molecule has 1 aromatic carbocycles. The predicted octanol–water partition coefficient (Wildman–Crippen LogP) is 3.36. The highest BCUT2D eigenvalue weighted by Gasteiger charge is 2.54. The molecule has 1 N–H and O–H groups in total. The van der Waals surface area contributed by atoms with Gasteiger partial charge in [0, 0.05) is 12.5 Å². The number of nitrogens with zero attached hydrogens (tertiary/aromatic N) is 1. The molecule has 2 aliphatic carbocycles. The number of fused-ring (bicyclic) bond motifs is 1. The number of carbonyl (C=O) groups is 2. The highest BCUT2D eigenvalue weighted by atomic mass is 16.7. The normalized spacial score (nSPS) is 30.2. The van der Waals surface area contributed by atoms with Crippen LogP contribution in [0.1, 0.15) is 63.9 Å². The van der Waals surface area contributed by atoms with Crippen LogP contribution in [0.4, 0.5) is 0 Å². The third kappa shape index (κ3) is 3.88. The lowest BCUT2D eigenvalue weighted by Crippen LogP contribution is -2.58. The van der Waals surface area contributed by atoms with Gasteiger partial charge in [0.1, 0.15) is 11.8 Å². The summed E-state index contributed by atoms with van der Waals surface area (Å²) >= 11 is 0. The van der Waals surface area contributed by atoms with Crippen molar-refractivity contribution < 1.29 is 23.8 Å². The molecule has 1 aromatic rings. The van der Waals surface area contributed by atoms with Crippen molar-refractivity contribution in [2.45, 2.75) is 76.6 Å². The van der Waals surface area contributed by atoms with Gasteiger partial charge >= 0.3 is 0 Å². The van der Waals surface area contributed by atoms with Gasteiger partial charge in [-0.05, 0) is 55.7 Å². The van der Waals surface area contributed by atoms with Crippen molar-refractivity contribution in [2.75, 3.05) is 13.4 Å². The molecule has 2 aliphatic heterocycles. The first-order valence-electron chi connectivity index (χ1n) is 11.7. The van der Waals surface area contributed by atoms with Crippen molar-refractivity contribution in [1.82, 2.24) is 10.2 Å². The number of hydrogen-bond donors (Lipinski definition) is 1. The summed E-state index contributed by atoms with van der Waals surface area (Å²) < 4.78 is 17.1. The maximum Gasteiger partial charge on any atom is 0.245 e. The van der Waals surface area contributed by atoms with E-state index in [0.29, 0.717) is 18.2 Å². The third-order valence-corrected chi connectivity index (χ3v) is 7.34. The fourth-order valence-electron chi connectivity index (χ4n) is 5.76. The van der Waals surface area contributed by atoms with Crippen LogP contribution in [-0.4, -0.2) is 41.9 Å². The Kier molecular flexibility index (Phi) is 5.54. The van der Waals surface area contributed by atoms with Crippen molar-refractivity contribution in [3.8, 4) is 11.5 Å². The number of amides is 2. The molecule has 1 spiro atoms. The molecule has 0 bridgehead atoms. The molecule has 2 heterocycles. The maximum absolute atomic E-state index is 13.6. The molecule has 0 unspecified atom stereocenters. The zero-order valence-electron chi connectivity index (χ0n) is 18.2. The Morgan fingerprint density at radius 2 is 1.94 bits per heavy atom. The van der Waals surface area contributed by atoms with E-state index in [-0.39, 0.29) is 31.1 Å². The average Bonchev–Trinajstić information content (AvgIpc) is 3.51. The van der Waals surface area contributed by atoms with Gasteiger partial charge in [0.05, 0.1) is 6.61 Å². The molecule has 7 heteroatoms. The zero-order valence-corrected chi connectivity index (χ0v) is 18.2. The van der Waals surface area contributed by atoms with Crippen LogP contribution in [0.15, 0.2) is 18.2 Å². The average molecular weight is 429 g/mol. The highest BCUT2D eigenvalue weighted by molar-refractivity contribution is 5.89. The quantitative estimate of drug-likeness (QED) is 0.796. The number of ether oxygens (including phenoxy) is 3. The van der Waals surface area contributed by atoms with E-state index in [2.05, 4.69) is 12.2 Å². The smallest absolute Gasteiger partial charge is 0.245 e. The van der Waals surface area contributed by atoms with Crippen LogP contribution in [0.25, 0.3) is 0 Å². The Balaban J connectivity index is 1.32. The number of rotatable bonds is 4. The van der Waals surface area contributed by atoms with Crippen molar-refractivity contribution in [3.63, 3.8) is 0 Å². The van der Waals surface area contributed by atoms with Crippen LogP contribution in [0, 0.1) is 11.8 Å². The minimum absolute atomic E-state index is 0.0277. The van der Waals surface area contributed by atoms with E-state index in [1.807, 2.05) is 23.1 Å². The molecule has 31 heavy (non-hydrogen) atoms. The van der Waals surface area contributed by atoms with Gasteiger partial charge in [-0.3, -0.25) is 14.5 Å². The van der Waals surface area contributed by atoms with Crippen LogP contribution in [0.2, 0.25) is 0 Å². The van der Waals surface area contributed by atoms with E-state index < -0.39 is 11.8 Å². The molecule has 2 saturated carbocycles. The molecular weight excluding hydrogens is 396 g/mol. The Bertz CT molecular complexity index is 852. The highest BCUT2D eigenvalue weighted by Crippen LogP contribution is 2.44. The second-order valence-corrected chi connectivity index (χ2v) is 9.57. The minimum atomic E-state index is -0.613. The summed E-state index contributed by atoms with van der Waals surface area (Å²) in [5, 5.41) is 3.03. The molecule has 7 nitrogen and oxygen atoms in total. The Hall–Kier alpha value is -2.28. The summed E-state index contributed by atoms with van der Waals surface area (Å²) in [5.41, 5.74) is 0.323. The Morgan fingerprint density at radius 1 is 1.13 bits per heavy atom. The molecule has 3 atom stereocenters. The van der Waals surface area contributed by atoms with E-state index in [0.717, 1.165) is 62.7 Å². The Labute approximate surface area is 183 Å². The number of benzene rings is 1. The molecule has 1 saturated heterocycles. The molecule has 0 aromatic heterocycles. The minimum Gasteiger partial charge on any atom is -0.454 e. The predicted molar refractivity (Wildman–Crippen MR) is 113 cm³/mol. The van der Waals surface area contributed by atoms with Gasteiger partial charge in [-0.1, -0.05) is 32.3 Å². The summed E-state index contributed by atoms with van der Waals surface area (Å²) in [6.45, 7) is 3.10. The molecule has 168 valence electrons. The van der Waals surface area contributed by atoms with E-state index >= 15 is 0 Å². The number of hydrogen-bond acceptors (Lipinski definition) is 5. The van der Waals surface area contributed by atoms with Gasteiger partial charge in [0.25, 0.3) is 0 Å². The van der Waals surface area contributed by atoms with Gasteiger partial charge in [0.2, 0.25) is 18.6 Å². The number of nitrogens with one attached hydrogen (secondary N) is 1. The van der Waals surface area contributed by atoms with Crippen molar-refractivity contribution >= 4 is 11.8 Å². The van der Waals surface area contributed by atoms with Crippen molar-refractivity contribution in [2.24, 2.45) is 11.8 Å². The lowest BCUT2D eigenvalue weighted by atomic mass is 9.82. The first kappa shape index (κ1) is 20.6. The Morgan fingerprint density at radius 3 is 2.74 bits per heavy atom. The van der Waals surface area contributed by atoms with E-state index in [1.54, 1.807) is 0 Å². The largest absolute Gasteiger partial charge is 0.454 e. The summed E-state index contributed by atoms with van der Waals surface area (Å²) in [6, 6.07) is 5.11. The summed E-state index contributed by atoms with van der Waals surface area (Å²) in [7, 11) is 0. The van der Waals surface area contributed by atoms with Crippen LogP contribution >= 0.6 is 0 Å². The fourth-order valence-corrected chi connectivity index (χ4v) is 5.76. The lowest BCUT2D eigenvalue weighted by Gasteiger charge is -2.44. The van der Waals surface area contributed by atoms with Crippen molar-refractivity contribution in [3.05, 3.63) is 23.8 Å². The molecular formula is C24H32N2O5. The lowest BCUT2D eigenvalue weighted by molar-refractivity contribution is -0.166. The van der Waals surface area contributed by atoms with Gasteiger partial charge in [-0.2, -0.15) is 0 Å². The molecule has 5 rings (SSSR count). The van der Waals surface area contributed by atoms with Crippen LogP contribution in [0.3, 0.4) is 0 Å². The van der Waals surface area contributed by atoms with E-state index in [4.69, 9.17) is 14.2 Å². The fraction of sp³-hybridized carbons (Fsp3) is 0.667. The summed E-state index contributed by atoms with van der Waals surface area (Å²) in [6.07, 6.45) is 7.85. The van der Waals surface area contributed by atoms with Crippen LogP contribution in [0.5, 0.6) is 11.5 Å². The van der Waals surface area contributed by atoms with Gasteiger partial charge in [-0.25, -0.2) is 0 Å². The molecule has 0 radical (unpaired) electrons. The monoisotopic (exact) mass is 428 g/mol. The third-order valence-electron chi connectivity index (χ3n) is 7.34. The molecule has 2 amide bonds. The standard InChI is InChI=1S/C24H32N2O5/c1-16-5-4-10-24(12-16)26(23(28)18-6-2-3-7-18)19(14-31-24)22(27)25-13-17-8-9-20-21(11-17)30-15-29-20/h8-9,11,16,18-19H,2-7,10,12-15H2,1H3,(H,25,27)/t16-,19-,24+/m0/s1. The molecule has 4 aliphatic rings. The first-order valence-corrected chi connectivity index (χ1v) is 11.7. The van der Waals surface area contributed by atoms with Gasteiger partial charge in [0.15, 0.2) is 11.5 Å².